The van der Waals surface area contributed by atoms with Gasteiger partial charge in [0, 0.05) is 18.5 Å². The molecule has 5 rings (SSSR count). The van der Waals surface area contributed by atoms with Crippen LogP contribution in [0.3, 0.4) is 0 Å². The maximum atomic E-state index is 13.4. The van der Waals surface area contributed by atoms with Crippen LogP contribution in [0.15, 0.2) is 36.4 Å². The van der Waals surface area contributed by atoms with Crippen molar-refractivity contribution in [3.63, 3.8) is 0 Å². The average Bonchev–Trinajstić information content (AvgIpc) is 3.33. The molecule has 0 radical (unpaired) electrons. The monoisotopic (exact) mass is 405 g/mol. The molecule has 8 heteroatoms. The van der Waals surface area contributed by atoms with Crippen LogP contribution >= 0.6 is 0 Å². The predicted octanol–water partition coefficient (Wildman–Crippen LogP) is 4.73. The van der Waals surface area contributed by atoms with Crippen molar-refractivity contribution in [3.05, 3.63) is 59.3 Å². The number of aromatic nitrogens is 5. The van der Waals surface area contributed by atoms with Gasteiger partial charge in [-0.25, -0.2) is 4.39 Å². The zero-order chi connectivity index (χ0) is 20.5. The molecule has 1 saturated heterocycles. The summed E-state index contributed by atoms with van der Waals surface area (Å²) >= 11 is 0. The topological polar surface area (TPSA) is 82.6 Å². The lowest BCUT2D eigenvalue weighted by Gasteiger charge is -2.25. The van der Waals surface area contributed by atoms with Gasteiger partial charge in [0.05, 0.1) is 11.7 Å². The van der Waals surface area contributed by atoms with Crippen molar-refractivity contribution < 1.29 is 4.39 Å². The first-order chi connectivity index (χ1) is 14.7. The molecular weight excluding hydrogens is 381 g/mol. The molecule has 1 aliphatic heterocycles. The van der Waals surface area contributed by atoms with Gasteiger partial charge in [0.2, 0.25) is 11.9 Å². The highest BCUT2D eigenvalue weighted by Gasteiger charge is 2.32. The van der Waals surface area contributed by atoms with Gasteiger partial charge in [0.15, 0.2) is 5.82 Å². The van der Waals surface area contributed by atoms with Crippen LogP contribution in [0.1, 0.15) is 61.6 Å². The molecule has 2 aliphatic rings. The minimum atomic E-state index is -0.220. The lowest BCUT2D eigenvalue weighted by Crippen LogP contribution is -2.25. The number of nitrogens with one attached hydrogen (secondary N) is 2. The maximum Gasteiger partial charge on any atom is 0.233 e. The predicted molar refractivity (Wildman–Crippen MR) is 114 cm³/mol. The molecule has 154 valence electrons. The van der Waals surface area contributed by atoms with E-state index in [9.17, 15) is 4.39 Å². The third-order valence-corrected chi connectivity index (χ3v) is 5.53. The number of allylic oxidation sites excluding steroid dienone is 1. The van der Waals surface area contributed by atoms with E-state index in [-0.39, 0.29) is 11.9 Å². The Balaban J connectivity index is 1.45. The Kier molecular flexibility index (Phi) is 4.90. The molecule has 1 aromatic carbocycles. The van der Waals surface area contributed by atoms with E-state index in [2.05, 4.69) is 25.4 Å². The summed E-state index contributed by atoms with van der Waals surface area (Å²) in [5.41, 5.74) is 1.99. The van der Waals surface area contributed by atoms with Crippen LogP contribution in [0.2, 0.25) is 0 Å². The normalized spacial score (nSPS) is 19.0. The molecule has 30 heavy (non-hydrogen) atoms. The lowest BCUT2D eigenvalue weighted by atomic mass is 10.0. The van der Waals surface area contributed by atoms with Crippen LogP contribution in [0, 0.1) is 5.82 Å². The van der Waals surface area contributed by atoms with Crippen LogP contribution in [-0.4, -0.2) is 31.7 Å². The molecule has 2 N–H and O–H groups in total. The van der Waals surface area contributed by atoms with Gasteiger partial charge in [-0.15, -0.1) is 0 Å². The fourth-order valence-electron chi connectivity index (χ4n) is 3.91. The summed E-state index contributed by atoms with van der Waals surface area (Å²) < 4.78 is 13.4. The van der Waals surface area contributed by atoms with E-state index < -0.39 is 0 Å². The SMILES string of the molecule is C/C=C/c1cc(Nc2nc(C3CC3)nc(N3CCCC3c3ccc(F)cc3)n2)n[nH]1. The second-order valence-electron chi connectivity index (χ2n) is 7.83. The van der Waals surface area contributed by atoms with Crippen LogP contribution in [-0.2, 0) is 0 Å². The van der Waals surface area contributed by atoms with Gasteiger partial charge in [-0.1, -0.05) is 18.2 Å². The first-order valence-electron chi connectivity index (χ1n) is 10.4. The smallest absolute Gasteiger partial charge is 0.233 e. The van der Waals surface area contributed by atoms with Gasteiger partial charge in [-0.3, -0.25) is 5.10 Å². The van der Waals surface area contributed by atoms with E-state index in [1.54, 1.807) is 0 Å². The van der Waals surface area contributed by atoms with Crippen molar-refractivity contribution >= 4 is 23.8 Å². The number of anilines is 3. The van der Waals surface area contributed by atoms with E-state index in [1.165, 1.54) is 12.1 Å². The molecule has 0 bridgehead atoms. The molecule has 0 spiro atoms. The van der Waals surface area contributed by atoms with Crippen molar-refractivity contribution in [3.8, 4) is 0 Å². The zero-order valence-corrected chi connectivity index (χ0v) is 16.8. The quantitative estimate of drug-likeness (QED) is 0.617. The lowest BCUT2D eigenvalue weighted by molar-refractivity contribution is 0.623. The van der Waals surface area contributed by atoms with Crippen molar-refractivity contribution in [2.24, 2.45) is 0 Å². The highest BCUT2D eigenvalue weighted by atomic mass is 19.1. The summed E-state index contributed by atoms with van der Waals surface area (Å²) in [6.07, 6.45) is 8.15. The Bertz CT molecular complexity index is 1060. The van der Waals surface area contributed by atoms with Crippen molar-refractivity contribution in [1.82, 2.24) is 25.1 Å². The summed E-state index contributed by atoms with van der Waals surface area (Å²) in [6, 6.07) is 8.79. The van der Waals surface area contributed by atoms with Gasteiger partial charge >= 0.3 is 0 Å². The second kappa shape index (κ2) is 7.85. The highest BCUT2D eigenvalue weighted by molar-refractivity contribution is 5.56. The van der Waals surface area contributed by atoms with E-state index in [1.807, 2.05) is 37.3 Å². The highest BCUT2D eigenvalue weighted by Crippen LogP contribution is 2.40. The molecule has 1 unspecified atom stereocenters. The van der Waals surface area contributed by atoms with Gasteiger partial charge < -0.3 is 10.2 Å². The maximum absolute atomic E-state index is 13.4. The number of halogens is 1. The molecule has 7 nitrogen and oxygen atoms in total. The van der Waals surface area contributed by atoms with E-state index >= 15 is 0 Å². The average molecular weight is 405 g/mol. The summed E-state index contributed by atoms with van der Waals surface area (Å²) in [5.74, 6) is 2.85. The first kappa shape index (κ1) is 18.7. The molecule has 1 aliphatic carbocycles. The van der Waals surface area contributed by atoms with Gasteiger partial charge in [-0.2, -0.15) is 20.1 Å². The van der Waals surface area contributed by atoms with E-state index in [0.717, 1.165) is 49.3 Å². The van der Waals surface area contributed by atoms with Crippen LogP contribution in [0.25, 0.3) is 6.08 Å². The molecule has 3 heterocycles. The number of aromatic amines is 1. The van der Waals surface area contributed by atoms with E-state index in [4.69, 9.17) is 9.97 Å². The van der Waals surface area contributed by atoms with Crippen LogP contribution < -0.4 is 10.2 Å². The van der Waals surface area contributed by atoms with Crippen molar-refractivity contribution in [2.75, 3.05) is 16.8 Å². The van der Waals surface area contributed by atoms with Crippen LogP contribution in [0.4, 0.5) is 22.1 Å². The second-order valence-corrected chi connectivity index (χ2v) is 7.83. The third-order valence-electron chi connectivity index (χ3n) is 5.53. The van der Waals surface area contributed by atoms with Gasteiger partial charge in [0.25, 0.3) is 0 Å². The Morgan fingerprint density at radius 3 is 2.73 bits per heavy atom. The summed E-state index contributed by atoms with van der Waals surface area (Å²) in [4.78, 5) is 16.4. The Labute approximate surface area is 174 Å². The summed E-state index contributed by atoms with van der Waals surface area (Å²) in [6.45, 7) is 2.82. The minimum absolute atomic E-state index is 0.139. The standard InChI is InChI=1S/C22H24FN7/c1-2-4-17-13-19(29-28-17)24-21-25-20(15-6-7-15)26-22(27-21)30-12-3-5-18(30)14-8-10-16(23)11-9-14/h2,4,8-11,13,15,18H,3,5-7,12H2,1H3,(H2,24,25,26,27,28,29)/b4-2+. The molecule has 2 fully saturated rings. The molecule has 1 saturated carbocycles. The molecule has 1 atom stereocenters. The number of benzene rings is 1. The fraction of sp³-hybridized carbons (Fsp3) is 0.364. The molecule has 2 aromatic heterocycles. The third kappa shape index (κ3) is 3.90. The first-order valence-corrected chi connectivity index (χ1v) is 10.4. The molecular formula is C22H24FN7. The Morgan fingerprint density at radius 2 is 1.97 bits per heavy atom. The summed E-state index contributed by atoms with van der Waals surface area (Å²) in [7, 11) is 0. The number of hydrogen-bond acceptors (Lipinski definition) is 6. The number of rotatable bonds is 6. The van der Waals surface area contributed by atoms with Gasteiger partial charge in [-0.05, 0) is 56.4 Å². The number of H-pyrrole nitrogens is 1. The van der Waals surface area contributed by atoms with Gasteiger partial charge in [0.1, 0.15) is 11.6 Å². The van der Waals surface area contributed by atoms with E-state index in [0.29, 0.717) is 23.6 Å². The number of nitrogens with zero attached hydrogens (tertiary/aromatic N) is 5. The Hall–Kier alpha value is -3.29. The summed E-state index contributed by atoms with van der Waals surface area (Å²) in [5, 5.41) is 10.5. The Morgan fingerprint density at radius 1 is 1.13 bits per heavy atom. The molecule has 3 aromatic rings. The largest absolute Gasteiger partial charge is 0.334 e. The zero-order valence-electron chi connectivity index (χ0n) is 16.8. The fourth-order valence-corrected chi connectivity index (χ4v) is 3.91. The van der Waals surface area contributed by atoms with Crippen molar-refractivity contribution in [1.29, 1.82) is 0 Å². The van der Waals surface area contributed by atoms with Crippen molar-refractivity contribution in [2.45, 2.75) is 44.6 Å². The molecule has 0 amide bonds. The number of hydrogen-bond donors (Lipinski definition) is 2. The minimum Gasteiger partial charge on any atom is -0.334 e. The van der Waals surface area contributed by atoms with Crippen LogP contribution in [0.5, 0.6) is 0 Å².